The SMILES string of the molecule is CC(C)NCc1cc(F)cnc1Oc1cc(F)ccc1F. The Labute approximate surface area is 120 Å². The Balaban J connectivity index is 2.28. The van der Waals surface area contributed by atoms with Crippen LogP contribution in [-0.2, 0) is 6.54 Å². The fourth-order valence-corrected chi connectivity index (χ4v) is 1.66. The Bertz CT molecular complexity index is 632. The van der Waals surface area contributed by atoms with E-state index in [1.54, 1.807) is 0 Å². The first-order valence-corrected chi connectivity index (χ1v) is 6.46. The van der Waals surface area contributed by atoms with Gasteiger partial charge in [0.2, 0.25) is 5.88 Å². The molecule has 0 spiro atoms. The van der Waals surface area contributed by atoms with Crippen molar-refractivity contribution in [3.05, 3.63) is 53.5 Å². The second-order valence-corrected chi connectivity index (χ2v) is 4.83. The molecule has 0 aliphatic carbocycles. The van der Waals surface area contributed by atoms with Crippen LogP contribution in [0.15, 0.2) is 30.5 Å². The minimum Gasteiger partial charge on any atom is -0.435 e. The lowest BCUT2D eigenvalue weighted by molar-refractivity contribution is 0.412. The van der Waals surface area contributed by atoms with Crippen LogP contribution in [0.25, 0.3) is 0 Å². The second kappa shape index (κ2) is 6.58. The zero-order valence-electron chi connectivity index (χ0n) is 11.7. The number of hydrogen-bond donors (Lipinski definition) is 1. The molecule has 0 radical (unpaired) electrons. The number of halogens is 3. The van der Waals surface area contributed by atoms with Crippen LogP contribution in [0.3, 0.4) is 0 Å². The van der Waals surface area contributed by atoms with Crippen molar-refractivity contribution in [2.24, 2.45) is 0 Å². The summed E-state index contributed by atoms with van der Waals surface area (Å²) in [6, 6.07) is 4.28. The van der Waals surface area contributed by atoms with Gasteiger partial charge in [-0.1, -0.05) is 13.8 Å². The van der Waals surface area contributed by atoms with Gasteiger partial charge in [0.25, 0.3) is 0 Å². The van der Waals surface area contributed by atoms with Crippen LogP contribution < -0.4 is 10.1 Å². The molecular formula is C15H15F3N2O. The standard InChI is InChI=1S/C15H15F3N2O/c1-9(2)19-7-10-5-12(17)8-20-15(10)21-14-6-11(16)3-4-13(14)18/h3-6,8-9,19H,7H2,1-2H3. The number of nitrogens with one attached hydrogen (secondary N) is 1. The van der Waals surface area contributed by atoms with Crippen molar-refractivity contribution < 1.29 is 17.9 Å². The Morgan fingerprint density at radius 3 is 2.62 bits per heavy atom. The summed E-state index contributed by atoms with van der Waals surface area (Å²) in [6.45, 7) is 4.16. The van der Waals surface area contributed by atoms with Gasteiger partial charge in [-0.3, -0.25) is 0 Å². The van der Waals surface area contributed by atoms with Gasteiger partial charge in [-0.05, 0) is 18.2 Å². The molecule has 21 heavy (non-hydrogen) atoms. The largest absolute Gasteiger partial charge is 0.435 e. The van der Waals surface area contributed by atoms with Crippen molar-refractivity contribution in [1.29, 1.82) is 0 Å². The fourth-order valence-electron chi connectivity index (χ4n) is 1.66. The van der Waals surface area contributed by atoms with E-state index in [0.29, 0.717) is 12.1 Å². The first-order valence-electron chi connectivity index (χ1n) is 6.46. The Kier molecular flexibility index (Phi) is 4.80. The lowest BCUT2D eigenvalue weighted by Gasteiger charge is -2.13. The van der Waals surface area contributed by atoms with Gasteiger partial charge in [0.05, 0.1) is 6.20 Å². The van der Waals surface area contributed by atoms with Crippen LogP contribution in [-0.4, -0.2) is 11.0 Å². The molecule has 3 nitrogen and oxygen atoms in total. The molecule has 6 heteroatoms. The zero-order valence-corrected chi connectivity index (χ0v) is 11.7. The maximum atomic E-state index is 13.6. The quantitative estimate of drug-likeness (QED) is 0.911. The molecule has 1 heterocycles. The molecule has 0 bridgehead atoms. The molecule has 2 rings (SSSR count). The van der Waals surface area contributed by atoms with Gasteiger partial charge < -0.3 is 10.1 Å². The normalized spacial score (nSPS) is 11.0. The molecule has 2 aromatic rings. The van der Waals surface area contributed by atoms with E-state index in [0.717, 1.165) is 24.4 Å². The van der Waals surface area contributed by atoms with Gasteiger partial charge in [-0.25, -0.2) is 18.2 Å². The van der Waals surface area contributed by atoms with Gasteiger partial charge in [0.15, 0.2) is 11.6 Å². The van der Waals surface area contributed by atoms with E-state index in [2.05, 4.69) is 10.3 Å². The van der Waals surface area contributed by atoms with E-state index < -0.39 is 17.5 Å². The number of hydrogen-bond acceptors (Lipinski definition) is 3. The van der Waals surface area contributed by atoms with Crippen LogP contribution >= 0.6 is 0 Å². The first-order chi connectivity index (χ1) is 9.95. The number of aromatic nitrogens is 1. The lowest BCUT2D eigenvalue weighted by atomic mass is 10.2. The predicted molar refractivity (Wildman–Crippen MR) is 72.6 cm³/mol. The summed E-state index contributed by atoms with van der Waals surface area (Å²) in [6.07, 6.45) is 0.964. The Hall–Kier alpha value is -2.08. The van der Waals surface area contributed by atoms with E-state index >= 15 is 0 Å². The van der Waals surface area contributed by atoms with Crippen molar-refractivity contribution in [2.45, 2.75) is 26.4 Å². The third kappa shape index (κ3) is 4.19. The smallest absolute Gasteiger partial charge is 0.224 e. The number of ether oxygens (including phenoxy) is 1. The number of nitrogens with zero attached hydrogens (tertiary/aromatic N) is 1. The van der Waals surface area contributed by atoms with Crippen LogP contribution in [0.1, 0.15) is 19.4 Å². The van der Waals surface area contributed by atoms with Crippen LogP contribution in [0.5, 0.6) is 11.6 Å². The molecule has 0 unspecified atom stereocenters. The fraction of sp³-hybridized carbons (Fsp3) is 0.267. The molecule has 0 saturated carbocycles. The highest BCUT2D eigenvalue weighted by Gasteiger charge is 2.12. The van der Waals surface area contributed by atoms with Crippen molar-refractivity contribution in [3.63, 3.8) is 0 Å². The summed E-state index contributed by atoms with van der Waals surface area (Å²) in [4.78, 5) is 3.80. The highest BCUT2D eigenvalue weighted by atomic mass is 19.1. The third-order valence-electron chi connectivity index (χ3n) is 2.69. The zero-order chi connectivity index (χ0) is 15.4. The van der Waals surface area contributed by atoms with Crippen molar-refractivity contribution in [3.8, 4) is 11.6 Å². The van der Waals surface area contributed by atoms with E-state index in [4.69, 9.17) is 4.74 Å². The second-order valence-electron chi connectivity index (χ2n) is 4.83. The van der Waals surface area contributed by atoms with E-state index in [-0.39, 0.29) is 17.7 Å². The monoisotopic (exact) mass is 296 g/mol. The Morgan fingerprint density at radius 1 is 1.14 bits per heavy atom. The molecule has 1 N–H and O–H groups in total. The molecule has 0 atom stereocenters. The van der Waals surface area contributed by atoms with E-state index in [1.807, 2.05) is 13.8 Å². The van der Waals surface area contributed by atoms with Crippen LogP contribution in [0.2, 0.25) is 0 Å². The predicted octanol–water partition coefficient (Wildman–Crippen LogP) is 3.79. The van der Waals surface area contributed by atoms with E-state index in [9.17, 15) is 13.2 Å². The first kappa shape index (κ1) is 15.3. The average Bonchev–Trinajstić information content (AvgIpc) is 2.43. The summed E-state index contributed by atoms with van der Waals surface area (Å²) < 4.78 is 45.2. The summed E-state index contributed by atoms with van der Waals surface area (Å²) in [7, 11) is 0. The lowest BCUT2D eigenvalue weighted by Crippen LogP contribution is -2.22. The molecule has 1 aromatic heterocycles. The van der Waals surface area contributed by atoms with Crippen molar-refractivity contribution in [1.82, 2.24) is 10.3 Å². The van der Waals surface area contributed by atoms with E-state index in [1.165, 1.54) is 6.07 Å². The summed E-state index contributed by atoms with van der Waals surface area (Å²) in [5, 5.41) is 3.09. The average molecular weight is 296 g/mol. The molecule has 0 saturated heterocycles. The van der Waals surface area contributed by atoms with Gasteiger partial charge in [0.1, 0.15) is 11.6 Å². The van der Waals surface area contributed by atoms with Gasteiger partial charge in [0, 0.05) is 24.2 Å². The molecule has 0 fully saturated rings. The van der Waals surface area contributed by atoms with Gasteiger partial charge >= 0.3 is 0 Å². The third-order valence-corrected chi connectivity index (χ3v) is 2.69. The van der Waals surface area contributed by atoms with Crippen LogP contribution in [0, 0.1) is 17.5 Å². The molecule has 0 aliphatic heterocycles. The summed E-state index contributed by atoms with van der Waals surface area (Å²) in [5.74, 6) is -2.13. The topological polar surface area (TPSA) is 34.2 Å². The summed E-state index contributed by atoms with van der Waals surface area (Å²) in [5.41, 5.74) is 0.423. The molecule has 0 amide bonds. The molecule has 1 aromatic carbocycles. The van der Waals surface area contributed by atoms with Gasteiger partial charge in [-0.15, -0.1) is 0 Å². The highest BCUT2D eigenvalue weighted by Crippen LogP contribution is 2.26. The number of benzene rings is 1. The van der Waals surface area contributed by atoms with Crippen LogP contribution in [0.4, 0.5) is 13.2 Å². The molecule has 112 valence electrons. The Morgan fingerprint density at radius 2 is 1.90 bits per heavy atom. The minimum atomic E-state index is -0.717. The van der Waals surface area contributed by atoms with Crippen molar-refractivity contribution >= 4 is 0 Å². The van der Waals surface area contributed by atoms with Crippen molar-refractivity contribution in [2.75, 3.05) is 0 Å². The minimum absolute atomic E-state index is 0.0362. The molecule has 0 aliphatic rings. The maximum Gasteiger partial charge on any atom is 0.224 e. The highest BCUT2D eigenvalue weighted by molar-refractivity contribution is 5.33. The number of pyridine rings is 1. The van der Waals surface area contributed by atoms with Gasteiger partial charge in [-0.2, -0.15) is 0 Å². The number of rotatable bonds is 5. The molecular weight excluding hydrogens is 281 g/mol. The maximum absolute atomic E-state index is 13.6. The summed E-state index contributed by atoms with van der Waals surface area (Å²) >= 11 is 0.